The van der Waals surface area contributed by atoms with E-state index in [0.717, 1.165) is 5.75 Å². The Bertz CT molecular complexity index is 584. The normalized spacial score (nSPS) is 9.90. The molecule has 104 valence electrons. The molecular weight excluding hydrogens is 260 g/mol. The summed E-state index contributed by atoms with van der Waals surface area (Å²) in [5, 5.41) is 0. The van der Waals surface area contributed by atoms with Crippen molar-refractivity contribution in [2.45, 2.75) is 6.92 Å². The molecule has 2 aromatic rings. The second-order valence-electron chi connectivity index (χ2n) is 3.74. The highest BCUT2D eigenvalue weighted by Crippen LogP contribution is 2.22. The Morgan fingerprint density at radius 1 is 1.15 bits per heavy atom. The van der Waals surface area contributed by atoms with Crippen LogP contribution in [0.25, 0.3) is 0 Å². The number of nitrogens with zero attached hydrogens (tertiary/aromatic N) is 2. The molecule has 0 atom stereocenters. The predicted molar refractivity (Wildman–Crippen MR) is 71.1 cm³/mol. The zero-order valence-corrected chi connectivity index (χ0v) is 11.2. The molecule has 20 heavy (non-hydrogen) atoms. The van der Waals surface area contributed by atoms with Crippen molar-refractivity contribution in [2.75, 3.05) is 13.7 Å². The third-order valence-electron chi connectivity index (χ3n) is 2.36. The molecule has 0 amide bonds. The molecule has 0 aliphatic heterocycles. The lowest BCUT2D eigenvalue weighted by Crippen LogP contribution is -2.05. The smallest absolute Gasteiger partial charge is 0.358 e. The summed E-state index contributed by atoms with van der Waals surface area (Å²) in [7, 11) is 1.28. The summed E-state index contributed by atoms with van der Waals surface area (Å²) in [6, 6.07) is 7.07. The van der Waals surface area contributed by atoms with E-state index >= 15 is 0 Å². The van der Waals surface area contributed by atoms with Gasteiger partial charge < -0.3 is 14.2 Å². The Labute approximate surface area is 116 Å². The second-order valence-corrected chi connectivity index (χ2v) is 3.74. The lowest BCUT2D eigenvalue weighted by Gasteiger charge is -2.07. The highest BCUT2D eigenvalue weighted by atomic mass is 16.5. The van der Waals surface area contributed by atoms with E-state index in [0.29, 0.717) is 12.4 Å². The Morgan fingerprint density at radius 3 is 2.50 bits per heavy atom. The van der Waals surface area contributed by atoms with Crippen LogP contribution < -0.4 is 9.47 Å². The van der Waals surface area contributed by atoms with Crippen LogP contribution in [0.5, 0.6) is 17.4 Å². The molecule has 1 aromatic heterocycles. The highest BCUT2D eigenvalue weighted by molar-refractivity contribution is 5.86. The molecule has 0 saturated heterocycles. The van der Waals surface area contributed by atoms with Gasteiger partial charge in [-0.1, -0.05) is 0 Å². The molecule has 0 spiro atoms. The molecular formula is C14H14N2O4. The summed E-state index contributed by atoms with van der Waals surface area (Å²) in [6.45, 7) is 2.52. The third-order valence-corrected chi connectivity index (χ3v) is 2.36. The van der Waals surface area contributed by atoms with Crippen molar-refractivity contribution in [1.82, 2.24) is 9.97 Å². The van der Waals surface area contributed by atoms with E-state index in [1.807, 2.05) is 6.92 Å². The van der Waals surface area contributed by atoms with Crippen molar-refractivity contribution < 1.29 is 19.0 Å². The summed E-state index contributed by atoms with van der Waals surface area (Å²) in [6.07, 6.45) is 2.74. The zero-order valence-electron chi connectivity index (χ0n) is 11.2. The maximum absolute atomic E-state index is 11.3. The first kappa shape index (κ1) is 13.8. The molecule has 0 radical (unpaired) electrons. The summed E-state index contributed by atoms with van der Waals surface area (Å²) >= 11 is 0. The second kappa shape index (κ2) is 6.51. The van der Waals surface area contributed by atoms with Crippen LogP contribution in [0, 0.1) is 0 Å². The number of rotatable bonds is 5. The molecule has 6 heteroatoms. The Morgan fingerprint density at radius 2 is 1.85 bits per heavy atom. The Kier molecular flexibility index (Phi) is 4.49. The van der Waals surface area contributed by atoms with Gasteiger partial charge in [0.05, 0.1) is 26.1 Å². The lowest BCUT2D eigenvalue weighted by atomic mass is 10.3. The molecule has 2 rings (SSSR count). The van der Waals surface area contributed by atoms with E-state index in [-0.39, 0.29) is 11.6 Å². The van der Waals surface area contributed by atoms with Crippen LogP contribution >= 0.6 is 0 Å². The number of methoxy groups -OCH3 is 1. The third kappa shape index (κ3) is 3.44. The minimum atomic E-state index is -0.561. The van der Waals surface area contributed by atoms with Gasteiger partial charge in [0.1, 0.15) is 11.5 Å². The van der Waals surface area contributed by atoms with Gasteiger partial charge in [-0.25, -0.2) is 9.78 Å². The van der Waals surface area contributed by atoms with Gasteiger partial charge in [0.2, 0.25) is 5.88 Å². The number of aromatic nitrogens is 2. The summed E-state index contributed by atoms with van der Waals surface area (Å²) in [5.74, 6) is 0.991. The van der Waals surface area contributed by atoms with Crippen molar-refractivity contribution in [3.8, 4) is 17.4 Å². The van der Waals surface area contributed by atoms with Crippen molar-refractivity contribution in [1.29, 1.82) is 0 Å². The average molecular weight is 274 g/mol. The summed E-state index contributed by atoms with van der Waals surface area (Å²) in [4.78, 5) is 19.2. The minimum absolute atomic E-state index is 0.0935. The number of ether oxygens (including phenoxy) is 3. The molecule has 6 nitrogen and oxygen atoms in total. The van der Waals surface area contributed by atoms with Crippen LogP contribution in [-0.2, 0) is 4.74 Å². The van der Waals surface area contributed by atoms with E-state index in [9.17, 15) is 4.79 Å². The number of benzene rings is 1. The first-order chi connectivity index (χ1) is 9.72. The Hall–Kier alpha value is -2.63. The summed E-state index contributed by atoms with van der Waals surface area (Å²) < 4.78 is 15.4. The fourth-order valence-electron chi connectivity index (χ4n) is 1.49. The standard InChI is InChI=1S/C14H14N2O4/c1-3-19-10-4-6-11(7-5-10)20-13-9-15-8-12(16-13)14(17)18-2/h4-9H,3H2,1-2H3. The number of hydrogen-bond acceptors (Lipinski definition) is 6. The fraction of sp³-hybridized carbons (Fsp3) is 0.214. The van der Waals surface area contributed by atoms with Crippen LogP contribution in [-0.4, -0.2) is 29.7 Å². The molecule has 0 aliphatic rings. The monoisotopic (exact) mass is 274 g/mol. The van der Waals surface area contributed by atoms with Crippen molar-refractivity contribution in [3.63, 3.8) is 0 Å². The van der Waals surface area contributed by atoms with E-state index in [4.69, 9.17) is 9.47 Å². The zero-order chi connectivity index (χ0) is 14.4. The van der Waals surface area contributed by atoms with Crippen LogP contribution in [0.15, 0.2) is 36.7 Å². The maximum Gasteiger partial charge on any atom is 0.358 e. The van der Waals surface area contributed by atoms with Crippen molar-refractivity contribution in [2.24, 2.45) is 0 Å². The molecule has 0 saturated carbocycles. The van der Waals surface area contributed by atoms with Crippen molar-refractivity contribution in [3.05, 3.63) is 42.4 Å². The van der Waals surface area contributed by atoms with E-state index in [1.54, 1.807) is 24.3 Å². The Balaban J connectivity index is 2.11. The quantitative estimate of drug-likeness (QED) is 0.780. The molecule has 0 aliphatic carbocycles. The molecule has 1 aromatic carbocycles. The minimum Gasteiger partial charge on any atom is -0.494 e. The molecule has 0 unspecified atom stereocenters. The largest absolute Gasteiger partial charge is 0.494 e. The lowest BCUT2D eigenvalue weighted by molar-refractivity contribution is 0.0592. The number of carbonyl (C=O) groups excluding carboxylic acids is 1. The van der Waals surface area contributed by atoms with Gasteiger partial charge in [0.25, 0.3) is 0 Å². The van der Waals surface area contributed by atoms with E-state index < -0.39 is 5.97 Å². The van der Waals surface area contributed by atoms with Crippen LogP contribution in [0.4, 0.5) is 0 Å². The summed E-state index contributed by atoms with van der Waals surface area (Å²) in [5.41, 5.74) is 0.0935. The maximum atomic E-state index is 11.3. The van der Waals surface area contributed by atoms with Crippen LogP contribution in [0.3, 0.4) is 0 Å². The SMILES string of the molecule is CCOc1ccc(Oc2cncc(C(=O)OC)n2)cc1. The molecule has 1 heterocycles. The molecule has 0 bridgehead atoms. The van der Waals surface area contributed by atoms with Crippen LogP contribution in [0.2, 0.25) is 0 Å². The topological polar surface area (TPSA) is 70.5 Å². The first-order valence-electron chi connectivity index (χ1n) is 6.04. The van der Waals surface area contributed by atoms with Gasteiger partial charge in [-0.15, -0.1) is 0 Å². The van der Waals surface area contributed by atoms with Crippen molar-refractivity contribution >= 4 is 5.97 Å². The van der Waals surface area contributed by atoms with Gasteiger partial charge in [0, 0.05) is 0 Å². The number of esters is 1. The van der Waals surface area contributed by atoms with Gasteiger partial charge in [0.15, 0.2) is 5.69 Å². The number of carbonyl (C=O) groups is 1. The van der Waals surface area contributed by atoms with Gasteiger partial charge in [-0.3, -0.25) is 4.98 Å². The molecule has 0 N–H and O–H groups in total. The predicted octanol–water partition coefficient (Wildman–Crippen LogP) is 2.45. The fourth-order valence-corrected chi connectivity index (χ4v) is 1.49. The van der Waals surface area contributed by atoms with Gasteiger partial charge in [-0.2, -0.15) is 0 Å². The molecule has 0 fully saturated rings. The van der Waals surface area contributed by atoms with Gasteiger partial charge >= 0.3 is 5.97 Å². The van der Waals surface area contributed by atoms with Gasteiger partial charge in [-0.05, 0) is 31.2 Å². The van der Waals surface area contributed by atoms with E-state index in [2.05, 4.69) is 14.7 Å². The van der Waals surface area contributed by atoms with E-state index in [1.165, 1.54) is 19.5 Å². The van der Waals surface area contributed by atoms with Crippen LogP contribution in [0.1, 0.15) is 17.4 Å². The highest BCUT2D eigenvalue weighted by Gasteiger charge is 2.09. The number of hydrogen-bond donors (Lipinski definition) is 0. The first-order valence-corrected chi connectivity index (χ1v) is 6.04. The average Bonchev–Trinajstić information content (AvgIpc) is 2.49.